The van der Waals surface area contributed by atoms with Crippen molar-refractivity contribution in [2.45, 2.75) is 18.8 Å². The summed E-state index contributed by atoms with van der Waals surface area (Å²) in [5, 5.41) is 8.53. The van der Waals surface area contributed by atoms with Crippen LogP contribution in [0.5, 0.6) is 0 Å². The van der Waals surface area contributed by atoms with Crippen LogP contribution in [0.3, 0.4) is 0 Å². The molecular weight excluding hydrogens is 204 g/mol. The number of carboxylic acid groups (broad SMARTS) is 1. The van der Waals surface area contributed by atoms with Gasteiger partial charge < -0.3 is 10.0 Å². The van der Waals surface area contributed by atoms with Gasteiger partial charge in [0, 0.05) is 32.7 Å². The Morgan fingerprint density at radius 2 is 2.00 bits per heavy atom. The molecule has 1 atom stereocenters. The average molecular weight is 221 g/mol. The fourth-order valence-electron chi connectivity index (χ4n) is 1.60. The molecule has 0 saturated carbocycles. The number of hydrogen-bond donors (Lipinski definition) is 1. The van der Waals surface area contributed by atoms with Crippen molar-refractivity contribution in [1.82, 2.24) is 9.80 Å². The van der Waals surface area contributed by atoms with Crippen LogP contribution in [0.4, 0.5) is 0 Å². The number of carboxylic acids is 1. The molecule has 1 rings (SSSR count). The lowest BCUT2D eigenvalue weighted by molar-refractivity contribution is -0.137. The summed E-state index contributed by atoms with van der Waals surface area (Å²) in [6.07, 6.45) is 0.233. The molecule has 1 fully saturated rings. The van der Waals surface area contributed by atoms with Crippen LogP contribution in [0.1, 0.15) is 13.3 Å². The first-order chi connectivity index (χ1) is 6.59. The van der Waals surface area contributed by atoms with Gasteiger partial charge in [-0.1, -0.05) is 0 Å². The van der Waals surface area contributed by atoms with Gasteiger partial charge in [0.25, 0.3) is 0 Å². The lowest BCUT2D eigenvalue weighted by atomic mass is 10.3. The van der Waals surface area contributed by atoms with Crippen molar-refractivity contribution in [3.8, 4) is 0 Å². The van der Waals surface area contributed by atoms with Crippen LogP contribution in [0.2, 0.25) is 0 Å². The highest BCUT2D eigenvalue weighted by Gasteiger charge is 2.19. The Balaban J connectivity index is 2.19. The van der Waals surface area contributed by atoms with Gasteiger partial charge in [-0.3, -0.25) is 9.69 Å². The number of halogens is 1. The van der Waals surface area contributed by atoms with Crippen molar-refractivity contribution < 1.29 is 9.90 Å². The second kappa shape index (κ2) is 5.53. The molecule has 1 aliphatic heterocycles. The maximum absolute atomic E-state index is 10.4. The summed E-state index contributed by atoms with van der Waals surface area (Å²) >= 11 is 5.95. The van der Waals surface area contributed by atoms with Crippen molar-refractivity contribution in [2.75, 3.05) is 32.7 Å². The first kappa shape index (κ1) is 11.8. The maximum atomic E-state index is 10.4. The summed E-state index contributed by atoms with van der Waals surface area (Å²) in [5.74, 6) is -0.724. The van der Waals surface area contributed by atoms with Crippen LogP contribution in [0.25, 0.3) is 0 Å². The molecule has 1 aliphatic rings. The van der Waals surface area contributed by atoms with Crippen molar-refractivity contribution >= 4 is 17.6 Å². The summed E-state index contributed by atoms with van der Waals surface area (Å²) in [4.78, 5) is 14.7. The highest BCUT2D eigenvalue weighted by Crippen LogP contribution is 2.08. The van der Waals surface area contributed by atoms with E-state index in [0.717, 1.165) is 26.2 Å². The van der Waals surface area contributed by atoms with Gasteiger partial charge in [-0.25, -0.2) is 0 Å². The van der Waals surface area contributed by atoms with E-state index in [9.17, 15) is 4.79 Å². The van der Waals surface area contributed by atoms with Crippen molar-refractivity contribution in [2.24, 2.45) is 0 Å². The Morgan fingerprint density at radius 3 is 2.43 bits per heavy atom. The highest BCUT2D eigenvalue weighted by atomic mass is 35.5. The van der Waals surface area contributed by atoms with Gasteiger partial charge in [-0.05, 0) is 6.92 Å². The second-order valence-electron chi connectivity index (χ2n) is 3.60. The molecule has 0 amide bonds. The number of rotatable bonds is 4. The zero-order valence-electron chi connectivity index (χ0n) is 8.45. The Kier molecular flexibility index (Phi) is 4.65. The maximum Gasteiger partial charge on any atom is 0.304 e. The highest BCUT2D eigenvalue weighted by molar-refractivity contribution is 6.20. The number of nitrogens with zero attached hydrogens (tertiary/aromatic N) is 2. The smallest absolute Gasteiger partial charge is 0.304 e. The third-order valence-corrected chi connectivity index (χ3v) is 2.83. The molecule has 0 aromatic rings. The molecule has 82 valence electrons. The van der Waals surface area contributed by atoms with E-state index < -0.39 is 5.97 Å². The van der Waals surface area contributed by atoms with Gasteiger partial charge in [0.15, 0.2) is 0 Å². The summed E-state index contributed by atoms with van der Waals surface area (Å²) in [7, 11) is 0. The lowest BCUT2D eigenvalue weighted by Crippen LogP contribution is -2.48. The Hall–Kier alpha value is -0.320. The number of carbonyl (C=O) groups is 1. The molecule has 0 aliphatic carbocycles. The van der Waals surface area contributed by atoms with Crippen LogP contribution in [-0.2, 0) is 4.79 Å². The first-order valence-corrected chi connectivity index (χ1v) is 5.35. The normalized spacial score (nSPS) is 22.1. The van der Waals surface area contributed by atoms with E-state index >= 15 is 0 Å². The van der Waals surface area contributed by atoms with Gasteiger partial charge in [-0.2, -0.15) is 0 Å². The fourth-order valence-corrected chi connectivity index (χ4v) is 1.79. The predicted octanol–water partition coefficient (Wildman–Crippen LogP) is 0.663. The molecule has 0 spiro atoms. The minimum atomic E-state index is -0.724. The number of piperazine rings is 1. The van der Waals surface area contributed by atoms with Gasteiger partial charge in [0.05, 0.1) is 11.9 Å². The van der Waals surface area contributed by atoms with Gasteiger partial charge in [-0.15, -0.1) is 11.6 Å². The van der Waals surface area contributed by atoms with E-state index in [4.69, 9.17) is 16.7 Å². The minimum absolute atomic E-state index is 0.0802. The molecule has 0 bridgehead atoms. The Bertz CT molecular complexity index is 191. The molecule has 1 saturated heterocycles. The van der Waals surface area contributed by atoms with Crippen LogP contribution in [0.15, 0.2) is 0 Å². The topological polar surface area (TPSA) is 43.8 Å². The third kappa shape index (κ3) is 3.82. The molecule has 1 heterocycles. The summed E-state index contributed by atoms with van der Waals surface area (Å²) in [6, 6.07) is 0. The van der Waals surface area contributed by atoms with E-state index in [2.05, 4.69) is 9.80 Å². The molecular formula is C9H17ClN2O2. The Morgan fingerprint density at radius 1 is 1.43 bits per heavy atom. The Labute approximate surface area is 89.4 Å². The zero-order chi connectivity index (χ0) is 10.6. The van der Waals surface area contributed by atoms with E-state index in [1.807, 2.05) is 6.92 Å². The zero-order valence-corrected chi connectivity index (χ0v) is 9.20. The van der Waals surface area contributed by atoms with Crippen LogP contribution < -0.4 is 0 Å². The predicted molar refractivity (Wildman–Crippen MR) is 55.6 cm³/mol. The number of hydrogen-bond acceptors (Lipinski definition) is 3. The third-order valence-electron chi connectivity index (χ3n) is 2.55. The van der Waals surface area contributed by atoms with Crippen molar-refractivity contribution in [1.29, 1.82) is 0 Å². The molecule has 1 unspecified atom stereocenters. The molecule has 0 radical (unpaired) electrons. The van der Waals surface area contributed by atoms with Gasteiger partial charge >= 0.3 is 5.97 Å². The van der Waals surface area contributed by atoms with E-state index in [-0.39, 0.29) is 11.9 Å². The monoisotopic (exact) mass is 220 g/mol. The van der Waals surface area contributed by atoms with Crippen LogP contribution >= 0.6 is 11.6 Å². The standard InChI is InChI=1S/C9H17ClN2O2/c1-8(10)12-6-4-11(5-7-12)3-2-9(13)14/h8H,2-7H2,1H3,(H,13,14). The van der Waals surface area contributed by atoms with Gasteiger partial charge in [0.2, 0.25) is 0 Å². The van der Waals surface area contributed by atoms with Gasteiger partial charge in [0.1, 0.15) is 0 Å². The van der Waals surface area contributed by atoms with Crippen molar-refractivity contribution in [3.63, 3.8) is 0 Å². The summed E-state index contributed by atoms with van der Waals surface area (Å²) < 4.78 is 0. The van der Waals surface area contributed by atoms with Crippen LogP contribution in [-0.4, -0.2) is 59.1 Å². The molecule has 4 nitrogen and oxygen atoms in total. The van der Waals surface area contributed by atoms with E-state index in [1.165, 1.54) is 0 Å². The largest absolute Gasteiger partial charge is 0.481 e. The molecule has 1 N–H and O–H groups in total. The quantitative estimate of drug-likeness (QED) is 0.559. The SMILES string of the molecule is CC(Cl)N1CCN(CCC(=O)O)CC1. The lowest BCUT2D eigenvalue weighted by Gasteiger charge is -2.35. The average Bonchev–Trinajstić information content (AvgIpc) is 2.15. The molecule has 0 aromatic heterocycles. The van der Waals surface area contributed by atoms with E-state index in [0.29, 0.717) is 6.54 Å². The molecule has 5 heteroatoms. The fraction of sp³-hybridized carbons (Fsp3) is 0.889. The summed E-state index contributed by atoms with van der Waals surface area (Å²) in [5.41, 5.74) is 0.0802. The van der Waals surface area contributed by atoms with Crippen molar-refractivity contribution in [3.05, 3.63) is 0 Å². The second-order valence-corrected chi connectivity index (χ2v) is 4.23. The van der Waals surface area contributed by atoms with E-state index in [1.54, 1.807) is 0 Å². The summed E-state index contributed by atoms with van der Waals surface area (Å²) in [6.45, 7) is 6.33. The van der Waals surface area contributed by atoms with Crippen LogP contribution in [0, 0.1) is 0 Å². The molecule has 0 aromatic carbocycles. The molecule has 14 heavy (non-hydrogen) atoms. The number of alkyl halides is 1. The minimum Gasteiger partial charge on any atom is -0.481 e. The number of aliphatic carboxylic acids is 1. The first-order valence-electron chi connectivity index (χ1n) is 4.92.